The van der Waals surface area contributed by atoms with Crippen LogP contribution in [-0.2, 0) is 20.7 Å². The van der Waals surface area contributed by atoms with Crippen LogP contribution in [0.2, 0.25) is 0 Å². The van der Waals surface area contributed by atoms with Gasteiger partial charge >= 0.3 is 0 Å². The average Bonchev–Trinajstić information content (AvgIpc) is 3.62. The van der Waals surface area contributed by atoms with Gasteiger partial charge in [-0.1, -0.05) is 0 Å². The SMILES string of the molecule is O=C(NC1CC1)[C@H]1Cc2cc([N+](=O)[O-])ccc2N2CCN(CC(=O)N3CCOCC3)C[C@H]12. The van der Waals surface area contributed by atoms with Crippen molar-refractivity contribution in [1.29, 1.82) is 0 Å². The summed E-state index contributed by atoms with van der Waals surface area (Å²) < 4.78 is 5.34. The first-order chi connectivity index (χ1) is 15.5. The first-order valence-corrected chi connectivity index (χ1v) is 11.4. The Morgan fingerprint density at radius 1 is 1.16 bits per heavy atom. The standard InChI is InChI=1S/C22H29N5O5/c28-21(25-7-9-32-10-8-25)14-24-5-6-26-19-4-3-17(27(30)31)11-15(19)12-18(20(26)13-24)22(29)23-16-1-2-16/h3-4,11,16,18,20H,1-2,5-10,12-14H2,(H,23,29)/t18-,20+/m0/s1. The summed E-state index contributed by atoms with van der Waals surface area (Å²) in [5.74, 6) is -0.181. The number of benzene rings is 1. The Balaban J connectivity index is 1.35. The molecule has 3 aliphatic heterocycles. The van der Waals surface area contributed by atoms with Crippen LogP contribution in [0.3, 0.4) is 0 Å². The van der Waals surface area contributed by atoms with Crippen LogP contribution in [0.4, 0.5) is 11.4 Å². The average molecular weight is 444 g/mol. The fraction of sp³-hybridized carbons (Fsp3) is 0.636. The van der Waals surface area contributed by atoms with Crippen molar-refractivity contribution in [3.8, 4) is 0 Å². The highest BCUT2D eigenvalue weighted by molar-refractivity contribution is 5.83. The molecule has 5 rings (SSSR count). The molecule has 2 atom stereocenters. The van der Waals surface area contributed by atoms with Gasteiger partial charge in [0.1, 0.15) is 0 Å². The number of nitro benzene ring substituents is 1. The lowest BCUT2D eigenvalue weighted by atomic mass is 9.83. The number of piperazine rings is 1. The molecule has 1 saturated carbocycles. The third kappa shape index (κ3) is 4.29. The molecule has 0 unspecified atom stereocenters. The predicted octanol–water partition coefficient (Wildman–Crippen LogP) is 0.395. The van der Waals surface area contributed by atoms with E-state index in [9.17, 15) is 19.7 Å². The Kier molecular flexibility index (Phi) is 5.73. The Bertz CT molecular complexity index is 914. The topological polar surface area (TPSA) is 108 Å². The largest absolute Gasteiger partial charge is 0.378 e. The van der Waals surface area contributed by atoms with Gasteiger partial charge in [-0.2, -0.15) is 0 Å². The van der Waals surface area contributed by atoms with Gasteiger partial charge in [0, 0.05) is 56.6 Å². The fourth-order valence-electron chi connectivity index (χ4n) is 5.07. The van der Waals surface area contributed by atoms with E-state index in [4.69, 9.17) is 4.74 Å². The van der Waals surface area contributed by atoms with Crippen LogP contribution >= 0.6 is 0 Å². The van der Waals surface area contributed by atoms with Gasteiger partial charge in [0.15, 0.2) is 0 Å². The number of nitro groups is 1. The quantitative estimate of drug-likeness (QED) is 0.518. The summed E-state index contributed by atoms with van der Waals surface area (Å²) in [4.78, 5) is 43.0. The summed E-state index contributed by atoms with van der Waals surface area (Å²) in [5, 5.41) is 14.4. The summed E-state index contributed by atoms with van der Waals surface area (Å²) in [6.07, 6.45) is 2.49. The van der Waals surface area contributed by atoms with Crippen molar-refractivity contribution in [3.05, 3.63) is 33.9 Å². The molecule has 4 aliphatic rings. The number of ether oxygens (including phenoxy) is 1. The highest BCUT2D eigenvalue weighted by atomic mass is 16.6. The molecule has 1 aliphatic carbocycles. The van der Waals surface area contributed by atoms with E-state index in [2.05, 4.69) is 15.1 Å². The molecule has 0 spiro atoms. The van der Waals surface area contributed by atoms with E-state index in [0.29, 0.717) is 58.9 Å². The van der Waals surface area contributed by atoms with Crippen molar-refractivity contribution < 1.29 is 19.2 Å². The van der Waals surface area contributed by atoms with Gasteiger partial charge < -0.3 is 19.9 Å². The van der Waals surface area contributed by atoms with E-state index in [0.717, 1.165) is 24.1 Å². The van der Waals surface area contributed by atoms with Crippen LogP contribution < -0.4 is 10.2 Å². The molecule has 172 valence electrons. The highest BCUT2D eigenvalue weighted by Crippen LogP contribution is 2.38. The maximum absolute atomic E-state index is 13.1. The molecule has 1 N–H and O–H groups in total. The van der Waals surface area contributed by atoms with Gasteiger partial charge in [-0.15, -0.1) is 0 Å². The number of nitrogens with zero attached hydrogens (tertiary/aromatic N) is 4. The number of amides is 2. The van der Waals surface area contributed by atoms with Crippen molar-refractivity contribution in [1.82, 2.24) is 15.1 Å². The third-order valence-corrected chi connectivity index (χ3v) is 6.97. The highest BCUT2D eigenvalue weighted by Gasteiger charge is 2.43. The van der Waals surface area contributed by atoms with Gasteiger partial charge in [0.2, 0.25) is 11.8 Å². The molecule has 32 heavy (non-hydrogen) atoms. The van der Waals surface area contributed by atoms with Gasteiger partial charge in [-0.25, -0.2) is 0 Å². The summed E-state index contributed by atoms with van der Waals surface area (Å²) in [6, 6.07) is 5.15. The zero-order valence-corrected chi connectivity index (χ0v) is 18.1. The smallest absolute Gasteiger partial charge is 0.269 e. The van der Waals surface area contributed by atoms with Crippen LogP contribution in [0.5, 0.6) is 0 Å². The number of hydrogen-bond donors (Lipinski definition) is 1. The van der Waals surface area contributed by atoms with Crippen LogP contribution in [0, 0.1) is 16.0 Å². The molecular weight excluding hydrogens is 414 g/mol. The fourth-order valence-corrected chi connectivity index (χ4v) is 5.07. The lowest BCUT2D eigenvalue weighted by Crippen LogP contribution is -2.62. The number of anilines is 1. The number of nitrogens with one attached hydrogen (secondary N) is 1. The third-order valence-electron chi connectivity index (χ3n) is 6.97. The minimum Gasteiger partial charge on any atom is -0.378 e. The van der Waals surface area contributed by atoms with Gasteiger partial charge in [-0.05, 0) is 30.9 Å². The van der Waals surface area contributed by atoms with Crippen molar-refractivity contribution in [3.63, 3.8) is 0 Å². The zero-order valence-electron chi connectivity index (χ0n) is 18.1. The maximum Gasteiger partial charge on any atom is 0.269 e. The molecule has 3 heterocycles. The van der Waals surface area contributed by atoms with Gasteiger partial charge in [0.25, 0.3) is 5.69 Å². The van der Waals surface area contributed by atoms with Crippen LogP contribution in [0.1, 0.15) is 18.4 Å². The van der Waals surface area contributed by atoms with Crippen molar-refractivity contribution in [2.24, 2.45) is 5.92 Å². The molecule has 10 nitrogen and oxygen atoms in total. The number of rotatable bonds is 5. The normalized spacial score (nSPS) is 25.6. The van der Waals surface area contributed by atoms with E-state index in [1.807, 2.05) is 11.0 Å². The second-order valence-corrected chi connectivity index (χ2v) is 9.15. The minimum atomic E-state index is -0.388. The number of morpholine rings is 1. The Labute approximate surface area is 186 Å². The molecular formula is C22H29N5O5. The summed E-state index contributed by atoms with van der Waals surface area (Å²) in [7, 11) is 0. The number of non-ortho nitro benzene ring substituents is 1. The molecule has 1 aromatic rings. The zero-order chi connectivity index (χ0) is 22.2. The van der Waals surface area contributed by atoms with Crippen LogP contribution in [0.15, 0.2) is 18.2 Å². The molecule has 2 amide bonds. The summed E-state index contributed by atoms with van der Waals surface area (Å²) in [6.45, 7) is 4.76. The van der Waals surface area contributed by atoms with Gasteiger partial charge in [0.05, 0.1) is 36.6 Å². The lowest BCUT2D eigenvalue weighted by Gasteiger charge is -2.49. The van der Waals surface area contributed by atoms with Crippen molar-refractivity contribution in [2.75, 3.05) is 57.4 Å². The van der Waals surface area contributed by atoms with E-state index >= 15 is 0 Å². The molecule has 3 fully saturated rings. The predicted molar refractivity (Wildman–Crippen MR) is 116 cm³/mol. The Hall–Kier alpha value is -2.72. The van der Waals surface area contributed by atoms with E-state index in [-0.39, 0.29) is 40.4 Å². The molecule has 0 aromatic heterocycles. The van der Waals surface area contributed by atoms with Crippen LogP contribution in [0.25, 0.3) is 0 Å². The number of hydrogen-bond acceptors (Lipinski definition) is 7. The van der Waals surface area contributed by atoms with Crippen molar-refractivity contribution >= 4 is 23.2 Å². The maximum atomic E-state index is 13.1. The van der Waals surface area contributed by atoms with Crippen LogP contribution in [-0.4, -0.2) is 91.1 Å². The van der Waals surface area contributed by atoms with Crippen molar-refractivity contribution in [2.45, 2.75) is 31.3 Å². The lowest BCUT2D eigenvalue weighted by molar-refractivity contribution is -0.384. The molecule has 1 aromatic carbocycles. The van der Waals surface area contributed by atoms with E-state index < -0.39 is 0 Å². The molecule has 10 heteroatoms. The Morgan fingerprint density at radius 2 is 1.94 bits per heavy atom. The monoisotopic (exact) mass is 443 g/mol. The second kappa shape index (κ2) is 8.67. The first-order valence-electron chi connectivity index (χ1n) is 11.4. The van der Waals surface area contributed by atoms with E-state index in [1.54, 1.807) is 6.07 Å². The molecule has 0 bridgehead atoms. The summed E-state index contributed by atoms with van der Waals surface area (Å²) in [5.41, 5.74) is 1.87. The number of fused-ring (bicyclic) bond motifs is 3. The van der Waals surface area contributed by atoms with Gasteiger partial charge in [-0.3, -0.25) is 24.6 Å². The molecule has 2 saturated heterocycles. The molecule has 0 radical (unpaired) electrons. The Morgan fingerprint density at radius 3 is 2.66 bits per heavy atom. The number of carbonyl (C=O) groups excluding carboxylic acids is 2. The second-order valence-electron chi connectivity index (χ2n) is 9.15. The minimum absolute atomic E-state index is 0.0148. The number of carbonyl (C=O) groups is 2. The summed E-state index contributed by atoms with van der Waals surface area (Å²) >= 11 is 0. The van der Waals surface area contributed by atoms with E-state index in [1.165, 1.54) is 6.07 Å². The first kappa shape index (κ1) is 21.1.